The summed E-state index contributed by atoms with van der Waals surface area (Å²) < 4.78 is 11.1. The maximum absolute atomic E-state index is 5.63. The molecule has 0 radical (unpaired) electrons. The third kappa shape index (κ3) is 2.46. The molecule has 2 heteroatoms. The summed E-state index contributed by atoms with van der Waals surface area (Å²) in [7, 11) is 0. The highest BCUT2D eigenvalue weighted by molar-refractivity contribution is 5.21. The summed E-state index contributed by atoms with van der Waals surface area (Å²) >= 11 is 0. The van der Waals surface area contributed by atoms with Crippen LogP contribution < -0.4 is 4.74 Å². The van der Waals surface area contributed by atoms with Crippen LogP contribution in [-0.2, 0) is 4.74 Å². The van der Waals surface area contributed by atoms with Gasteiger partial charge in [-0.15, -0.1) is 0 Å². The minimum absolute atomic E-state index is 0.0313. The standard InChI is InChI=1S/C11H14O2/c1-2-6-10(7-3-1)13-11-8-4-5-9-12-11/h1-3,6-7,11H,4-5,8-9H2/t11-/m1/s1. The van der Waals surface area contributed by atoms with Gasteiger partial charge in [0.05, 0.1) is 6.61 Å². The SMILES string of the molecule is c1ccc(O[C@@H]2CCCCO2)cc1. The second-order valence-electron chi connectivity index (χ2n) is 3.23. The first-order valence-electron chi connectivity index (χ1n) is 4.78. The quantitative estimate of drug-likeness (QED) is 0.693. The van der Waals surface area contributed by atoms with Crippen molar-refractivity contribution in [2.45, 2.75) is 25.6 Å². The summed E-state index contributed by atoms with van der Waals surface area (Å²) in [4.78, 5) is 0. The molecule has 1 aromatic carbocycles. The van der Waals surface area contributed by atoms with Crippen molar-refractivity contribution < 1.29 is 9.47 Å². The highest BCUT2D eigenvalue weighted by atomic mass is 16.7. The Morgan fingerprint density at radius 1 is 1.15 bits per heavy atom. The van der Waals surface area contributed by atoms with Gasteiger partial charge >= 0.3 is 0 Å². The first-order chi connectivity index (χ1) is 6.45. The first kappa shape index (κ1) is 8.57. The Morgan fingerprint density at radius 3 is 2.69 bits per heavy atom. The molecule has 0 unspecified atom stereocenters. The molecule has 1 aliphatic rings. The highest BCUT2D eigenvalue weighted by Gasteiger charge is 2.14. The summed E-state index contributed by atoms with van der Waals surface area (Å²) in [5.74, 6) is 0.898. The van der Waals surface area contributed by atoms with Gasteiger partial charge in [-0.1, -0.05) is 18.2 Å². The zero-order chi connectivity index (χ0) is 8.93. The van der Waals surface area contributed by atoms with Crippen molar-refractivity contribution in [2.24, 2.45) is 0 Å². The van der Waals surface area contributed by atoms with Gasteiger partial charge in [-0.2, -0.15) is 0 Å². The third-order valence-electron chi connectivity index (χ3n) is 2.15. The fraction of sp³-hybridized carbons (Fsp3) is 0.455. The molecule has 70 valence electrons. The fourth-order valence-electron chi connectivity index (χ4n) is 1.45. The third-order valence-corrected chi connectivity index (χ3v) is 2.15. The zero-order valence-electron chi connectivity index (χ0n) is 7.61. The molecule has 1 atom stereocenters. The van der Waals surface area contributed by atoms with Crippen molar-refractivity contribution in [1.29, 1.82) is 0 Å². The normalized spacial score (nSPS) is 22.6. The van der Waals surface area contributed by atoms with E-state index in [1.165, 1.54) is 6.42 Å². The van der Waals surface area contributed by atoms with Gasteiger partial charge in [0.2, 0.25) is 0 Å². The van der Waals surface area contributed by atoms with Crippen molar-refractivity contribution in [3.05, 3.63) is 30.3 Å². The fourth-order valence-corrected chi connectivity index (χ4v) is 1.45. The van der Waals surface area contributed by atoms with Crippen molar-refractivity contribution in [2.75, 3.05) is 6.61 Å². The van der Waals surface area contributed by atoms with Gasteiger partial charge < -0.3 is 9.47 Å². The average Bonchev–Trinajstić information content (AvgIpc) is 2.21. The second-order valence-corrected chi connectivity index (χ2v) is 3.23. The molecule has 1 heterocycles. The summed E-state index contributed by atoms with van der Waals surface area (Å²) in [5.41, 5.74) is 0. The van der Waals surface area contributed by atoms with Crippen LogP contribution in [-0.4, -0.2) is 12.9 Å². The van der Waals surface area contributed by atoms with Crippen molar-refractivity contribution in [3.63, 3.8) is 0 Å². The molecule has 1 aromatic rings. The monoisotopic (exact) mass is 178 g/mol. The summed E-state index contributed by atoms with van der Waals surface area (Å²) in [6.45, 7) is 0.831. The van der Waals surface area contributed by atoms with E-state index in [-0.39, 0.29) is 6.29 Å². The molecule has 0 bridgehead atoms. The predicted octanol–water partition coefficient (Wildman–Crippen LogP) is 2.59. The number of hydrogen-bond donors (Lipinski definition) is 0. The van der Waals surface area contributed by atoms with Crippen molar-refractivity contribution in [3.8, 4) is 5.75 Å². The van der Waals surface area contributed by atoms with Crippen LogP contribution >= 0.6 is 0 Å². The smallest absolute Gasteiger partial charge is 0.199 e. The van der Waals surface area contributed by atoms with Gasteiger partial charge in [-0.05, 0) is 25.0 Å². The van der Waals surface area contributed by atoms with Crippen LogP contribution in [0.15, 0.2) is 30.3 Å². The van der Waals surface area contributed by atoms with E-state index in [1.807, 2.05) is 30.3 Å². The second kappa shape index (κ2) is 4.28. The molecule has 0 N–H and O–H groups in total. The van der Waals surface area contributed by atoms with E-state index in [0.717, 1.165) is 25.2 Å². The Kier molecular flexibility index (Phi) is 2.82. The largest absolute Gasteiger partial charge is 0.465 e. The molecular formula is C11H14O2. The molecule has 0 saturated carbocycles. The molecule has 0 spiro atoms. The van der Waals surface area contributed by atoms with Crippen LogP contribution in [0.4, 0.5) is 0 Å². The van der Waals surface area contributed by atoms with Crippen LogP contribution in [0, 0.1) is 0 Å². The first-order valence-corrected chi connectivity index (χ1v) is 4.78. The Morgan fingerprint density at radius 2 is 2.00 bits per heavy atom. The molecule has 13 heavy (non-hydrogen) atoms. The van der Waals surface area contributed by atoms with Gasteiger partial charge in [-0.25, -0.2) is 0 Å². The van der Waals surface area contributed by atoms with E-state index in [0.29, 0.717) is 0 Å². The van der Waals surface area contributed by atoms with Crippen LogP contribution in [0.1, 0.15) is 19.3 Å². The average molecular weight is 178 g/mol. The summed E-state index contributed by atoms with van der Waals surface area (Å²) in [6.07, 6.45) is 3.34. The Hall–Kier alpha value is -1.02. The van der Waals surface area contributed by atoms with E-state index >= 15 is 0 Å². The zero-order valence-corrected chi connectivity index (χ0v) is 7.61. The topological polar surface area (TPSA) is 18.5 Å². The Balaban J connectivity index is 1.90. The van der Waals surface area contributed by atoms with Gasteiger partial charge in [0.15, 0.2) is 6.29 Å². The van der Waals surface area contributed by atoms with Crippen LogP contribution in [0.3, 0.4) is 0 Å². The number of ether oxygens (including phenoxy) is 2. The van der Waals surface area contributed by atoms with Gasteiger partial charge in [0.1, 0.15) is 5.75 Å². The van der Waals surface area contributed by atoms with E-state index in [9.17, 15) is 0 Å². The lowest BCUT2D eigenvalue weighted by atomic mass is 10.2. The number of hydrogen-bond acceptors (Lipinski definition) is 2. The molecule has 0 aliphatic carbocycles. The van der Waals surface area contributed by atoms with Gasteiger partial charge in [0, 0.05) is 6.42 Å². The van der Waals surface area contributed by atoms with Crippen molar-refractivity contribution in [1.82, 2.24) is 0 Å². The minimum Gasteiger partial charge on any atom is -0.465 e. The summed E-state index contributed by atoms with van der Waals surface area (Å²) in [5, 5.41) is 0. The molecule has 1 saturated heterocycles. The lowest BCUT2D eigenvalue weighted by Gasteiger charge is -2.23. The number of para-hydroxylation sites is 1. The molecular weight excluding hydrogens is 164 g/mol. The van der Waals surface area contributed by atoms with Gasteiger partial charge in [0.25, 0.3) is 0 Å². The highest BCUT2D eigenvalue weighted by Crippen LogP contribution is 2.18. The maximum atomic E-state index is 5.63. The lowest BCUT2D eigenvalue weighted by Crippen LogP contribution is -2.24. The van der Waals surface area contributed by atoms with Crippen LogP contribution in [0.5, 0.6) is 5.75 Å². The van der Waals surface area contributed by atoms with E-state index in [1.54, 1.807) is 0 Å². The van der Waals surface area contributed by atoms with Crippen LogP contribution in [0.2, 0.25) is 0 Å². The maximum Gasteiger partial charge on any atom is 0.199 e. The molecule has 1 fully saturated rings. The molecule has 1 aliphatic heterocycles. The number of benzene rings is 1. The molecule has 2 rings (SSSR count). The van der Waals surface area contributed by atoms with E-state index in [2.05, 4.69) is 0 Å². The van der Waals surface area contributed by atoms with Crippen LogP contribution in [0.25, 0.3) is 0 Å². The Labute approximate surface area is 78.5 Å². The number of rotatable bonds is 2. The Bertz CT molecular complexity index is 240. The van der Waals surface area contributed by atoms with E-state index < -0.39 is 0 Å². The van der Waals surface area contributed by atoms with Gasteiger partial charge in [-0.3, -0.25) is 0 Å². The summed E-state index contributed by atoms with van der Waals surface area (Å²) in [6, 6.07) is 9.83. The minimum atomic E-state index is -0.0313. The molecule has 2 nitrogen and oxygen atoms in total. The van der Waals surface area contributed by atoms with E-state index in [4.69, 9.17) is 9.47 Å². The van der Waals surface area contributed by atoms with Crippen molar-refractivity contribution >= 4 is 0 Å². The molecule has 0 amide bonds. The lowest BCUT2D eigenvalue weighted by molar-refractivity contribution is -0.105. The molecule has 0 aromatic heterocycles. The predicted molar refractivity (Wildman–Crippen MR) is 50.7 cm³/mol.